The van der Waals surface area contributed by atoms with Crippen LogP contribution in [0, 0.1) is 12.3 Å². The molecule has 2 aromatic carbocycles. The van der Waals surface area contributed by atoms with Gasteiger partial charge in [-0.15, -0.1) is 0 Å². The van der Waals surface area contributed by atoms with E-state index >= 15 is 0 Å². The van der Waals surface area contributed by atoms with Gasteiger partial charge < -0.3 is 16.0 Å². The molecule has 1 amide bonds. The van der Waals surface area contributed by atoms with Crippen LogP contribution < -0.4 is 16.0 Å². The van der Waals surface area contributed by atoms with E-state index in [0.29, 0.717) is 11.4 Å². The summed E-state index contributed by atoms with van der Waals surface area (Å²) in [5.74, 6) is 1.41. The maximum absolute atomic E-state index is 12.8. The molecule has 0 radical (unpaired) electrons. The van der Waals surface area contributed by atoms with Crippen LogP contribution in [0.4, 0.5) is 11.5 Å². The Morgan fingerprint density at radius 2 is 1.65 bits per heavy atom. The monoisotopic (exact) mass is 455 g/mol. The van der Waals surface area contributed by atoms with Gasteiger partial charge in [0, 0.05) is 23.9 Å². The number of carbonyl (C=O) groups is 2. The zero-order chi connectivity index (χ0) is 24.1. The molecule has 3 aromatic rings. The lowest BCUT2D eigenvalue weighted by Gasteiger charge is -2.44. The van der Waals surface area contributed by atoms with E-state index in [9.17, 15) is 9.59 Å². The molecule has 2 saturated heterocycles. The number of rotatable bonds is 6. The second kappa shape index (κ2) is 7.94. The largest absolute Gasteiger partial charge is 0.399 e. The number of benzene rings is 2. The fraction of sp³-hybridized carbons (Fsp3) is 0.333. The van der Waals surface area contributed by atoms with Crippen LogP contribution in [0.25, 0.3) is 11.1 Å². The molecule has 1 saturated carbocycles. The van der Waals surface area contributed by atoms with Gasteiger partial charge in [-0.25, -0.2) is 9.97 Å². The summed E-state index contributed by atoms with van der Waals surface area (Å²) in [5, 5.41) is 2.96. The predicted octanol–water partition coefficient (Wildman–Crippen LogP) is 3.91. The van der Waals surface area contributed by atoms with Gasteiger partial charge in [-0.2, -0.15) is 0 Å². The van der Waals surface area contributed by atoms with Crippen LogP contribution in [0.1, 0.15) is 48.6 Å². The van der Waals surface area contributed by atoms with Gasteiger partial charge in [0.05, 0.1) is 12.2 Å². The molecular weight excluding hydrogens is 426 g/mol. The molecule has 2 aliphatic heterocycles. The third kappa shape index (κ3) is 3.81. The number of nitrogen functional groups attached to an aromatic ring is 1. The van der Waals surface area contributed by atoms with E-state index in [1.807, 2.05) is 61.5 Å². The van der Waals surface area contributed by atoms with Gasteiger partial charge in [-0.05, 0) is 67.5 Å². The highest BCUT2D eigenvalue weighted by Crippen LogP contribution is 2.60. The highest BCUT2D eigenvalue weighted by Gasteiger charge is 2.65. The Morgan fingerprint density at radius 3 is 2.26 bits per heavy atom. The maximum atomic E-state index is 12.8. The lowest BCUT2D eigenvalue weighted by molar-refractivity contribution is -0.125. The molecule has 0 unspecified atom stereocenters. The van der Waals surface area contributed by atoms with Gasteiger partial charge in [0.1, 0.15) is 17.2 Å². The first-order valence-corrected chi connectivity index (χ1v) is 11.5. The second-order valence-electron chi connectivity index (χ2n) is 9.98. The molecule has 174 valence electrons. The zero-order valence-electron chi connectivity index (χ0n) is 19.8. The van der Waals surface area contributed by atoms with Crippen LogP contribution >= 0.6 is 0 Å². The van der Waals surface area contributed by atoms with Crippen molar-refractivity contribution in [2.75, 3.05) is 17.2 Å². The first-order chi connectivity index (χ1) is 16.2. The number of Topliss-reactive ketones (excluding diaryl/α,β-unsaturated/α-hetero) is 1. The minimum absolute atomic E-state index is 0.164. The molecule has 3 N–H and O–H groups in total. The van der Waals surface area contributed by atoms with E-state index in [-0.39, 0.29) is 23.7 Å². The number of aromatic nitrogens is 2. The van der Waals surface area contributed by atoms with E-state index in [0.717, 1.165) is 47.7 Å². The first-order valence-electron chi connectivity index (χ1n) is 11.5. The summed E-state index contributed by atoms with van der Waals surface area (Å²) in [6.45, 7) is 6.84. The number of hydrogen-bond acceptors (Lipinski definition) is 6. The Bertz CT molecular complexity index is 1260. The number of fused-ring (bicyclic) bond motifs is 1. The summed E-state index contributed by atoms with van der Waals surface area (Å²) in [6.07, 6.45) is 1.74. The highest BCUT2D eigenvalue weighted by molar-refractivity contribution is 5.95. The number of anilines is 2. The molecule has 3 heterocycles. The van der Waals surface area contributed by atoms with Crippen LogP contribution in [-0.2, 0) is 11.3 Å². The van der Waals surface area contributed by atoms with Gasteiger partial charge in [-0.3, -0.25) is 9.59 Å². The molecule has 0 atom stereocenters. The predicted molar refractivity (Wildman–Crippen MR) is 132 cm³/mol. The van der Waals surface area contributed by atoms with E-state index in [4.69, 9.17) is 5.73 Å². The molecule has 2 bridgehead atoms. The van der Waals surface area contributed by atoms with E-state index < -0.39 is 5.54 Å². The minimum atomic E-state index is -0.442. The first kappa shape index (κ1) is 22.1. The number of nitrogens with two attached hydrogens (primary N) is 1. The van der Waals surface area contributed by atoms with Gasteiger partial charge in [0.25, 0.3) is 5.91 Å². The molecule has 3 fully saturated rings. The topological polar surface area (TPSA) is 101 Å². The van der Waals surface area contributed by atoms with E-state index in [1.165, 1.54) is 0 Å². The molecule has 1 aliphatic carbocycles. The van der Waals surface area contributed by atoms with Crippen LogP contribution in [-0.4, -0.2) is 33.7 Å². The Kier molecular flexibility index (Phi) is 5.15. The summed E-state index contributed by atoms with van der Waals surface area (Å²) < 4.78 is 0. The fourth-order valence-corrected chi connectivity index (χ4v) is 5.54. The van der Waals surface area contributed by atoms with E-state index in [1.54, 1.807) is 6.92 Å². The van der Waals surface area contributed by atoms with Crippen LogP contribution in [0.5, 0.6) is 0 Å². The summed E-state index contributed by atoms with van der Waals surface area (Å²) in [4.78, 5) is 36.5. The fourth-order valence-electron chi connectivity index (χ4n) is 5.54. The lowest BCUT2D eigenvalue weighted by atomic mass is 9.61. The van der Waals surface area contributed by atoms with Crippen molar-refractivity contribution in [3.63, 3.8) is 0 Å². The number of nitrogens with zero attached hydrogens (tertiary/aromatic N) is 3. The molecule has 1 aromatic heterocycles. The number of aryl methyl sites for hydroxylation is 1. The Hall–Kier alpha value is -3.74. The van der Waals surface area contributed by atoms with Crippen molar-refractivity contribution in [1.82, 2.24) is 15.3 Å². The van der Waals surface area contributed by atoms with Crippen molar-refractivity contribution >= 4 is 23.2 Å². The number of amides is 1. The summed E-state index contributed by atoms with van der Waals surface area (Å²) >= 11 is 0. The number of ketones is 1. The highest BCUT2D eigenvalue weighted by atomic mass is 16.1. The van der Waals surface area contributed by atoms with Crippen molar-refractivity contribution in [3.05, 3.63) is 71.7 Å². The van der Waals surface area contributed by atoms with Crippen LogP contribution in [0.15, 0.2) is 54.6 Å². The molecule has 7 heteroatoms. The van der Waals surface area contributed by atoms with Gasteiger partial charge >= 0.3 is 0 Å². The smallest absolute Gasteiger partial charge is 0.251 e. The maximum Gasteiger partial charge on any atom is 0.251 e. The lowest BCUT2D eigenvalue weighted by Crippen LogP contribution is -2.54. The average Bonchev–Trinajstić information content (AvgIpc) is 3.28. The molecule has 34 heavy (non-hydrogen) atoms. The normalized spacial score (nSPS) is 22.9. The number of nitrogens with one attached hydrogen (secondary N) is 1. The quantitative estimate of drug-likeness (QED) is 0.547. The van der Waals surface area contributed by atoms with Crippen molar-refractivity contribution in [2.24, 2.45) is 5.41 Å². The molecule has 6 rings (SSSR count). The SMILES string of the molecule is CC(=O)C12CC(C)(CN1c1cc(CNC(=O)c3ccc(-c4ccc(N)cc4)cc3)nc(C)n1)C2. The molecule has 3 aliphatic rings. The number of carbonyl (C=O) groups excluding carboxylic acids is 2. The third-order valence-corrected chi connectivity index (χ3v) is 7.13. The third-order valence-electron chi connectivity index (χ3n) is 7.13. The minimum Gasteiger partial charge on any atom is -0.399 e. The van der Waals surface area contributed by atoms with Crippen molar-refractivity contribution in [1.29, 1.82) is 0 Å². The molecular formula is C27H29N5O2. The van der Waals surface area contributed by atoms with E-state index in [2.05, 4.69) is 27.1 Å². The second-order valence-corrected chi connectivity index (χ2v) is 9.98. The van der Waals surface area contributed by atoms with Gasteiger partial charge in [0.2, 0.25) is 0 Å². The average molecular weight is 456 g/mol. The summed E-state index contributed by atoms with van der Waals surface area (Å²) in [7, 11) is 0. The van der Waals surface area contributed by atoms with Crippen LogP contribution in [0.3, 0.4) is 0 Å². The number of hydrogen-bond donors (Lipinski definition) is 2. The Labute approximate surface area is 199 Å². The summed E-state index contributed by atoms with van der Waals surface area (Å²) in [5.41, 5.74) is 9.56. The van der Waals surface area contributed by atoms with Crippen molar-refractivity contribution in [3.8, 4) is 11.1 Å². The molecule has 0 spiro atoms. The summed E-state index contributed by atoms with van der Waals surface area (Å²) in [6, 6.07) is 17.0. The Balaban J connectivity index is 1.28. The van der Waals surface area contributed by atoms with Crippen molar-refractivity contribution in [2.45, 2.75) is 45.7 Å². The van der Waals surface area contributed by atoms with Gasteiger partial charge in [0.15, 0.2) is 5.78 Å². The molecule has 7 nitrogen and oxygen atoms in total. The van der Waals surface area contributed by atoms with Crippen LogP contribution in [0.2, 0.25) is 0 Å². The Morgan fingerprint density at radius 1 is 1.03 bits per heavy atom. The zero-order valence-corrected chi connectivity index (χ0v) is 19.8. The van der Waals surface area contributed by atoms with Crippen molar-refractivity contribution < 1.29 is 9.59 Å². The van der Waals surface area contributed by atoms with Gasteiger partial charge in [-0.1, -0.05) is 31.2 Å². The standard InChI is InChI=1S/C27H29N5O2/c1-17(33)27-14-26(3,15-27)16-32(27)24-12-23(30-18(2)31-24)13-29-25(34)21-6-4-19(5-7-21)20-8-10-22(28)11-9-20/h4-12H,13-16,28H2,1-3H3,(H,29,34).